The van der Waals surface area contributed by atoms with Crippen LogP contribution in [0.4, 0.5) is 10.5 Å². The van der Waals surface area contributed by atoms with Crippen molar-refractivity contribution < 1.29 is 14.3 Å². The predicted octanol–water partition coefficient (Wildman–Crippen LogP) is 7.00. The van der Waals surface area contributed by atoms with Gasteiger partial charge in [-0.3, -0.25) is 10.1 Å². The zero-order valence-electron chi connectivity index (χ0n) is 16.4. The van der Waals surface area contributed by atoms with Gasteiger partial charge in [0.1, 0.15) is 5.75 Å². The van der Waals surface area contributed by atoms with E-state index >= 15 is 0 Å². The largest absolute Gasteiger partial charge is 0.454 e. The molecule has 0 unspecified atom stereocenters. The second-order valence-electron chi connectivity index (χ2n) is 6.57. The van der Waals surface area contributed by atoms with E-state index in [1.165, 1.54) is 24.5 Å². The number of benzene rings is 3. The first-order chi connectivity index (χ1) is 15.8. The van der Waals surface area contributed by atoms with Gasteiger partial charge in [0.2, 0.25) is 0 Å². The Labute approximate surface area is 207 Å². The standard InChI is InChI=1S/C22H12Cl4N4O3/c23-14-5-6-17(13-4-2-1-3-12(13)14)33-19-15(24)9-11(10-16(19)25)29-22(32)30-21(31)18-20(26)28-8-7-27-18/h1-10H,(H2,29,30,31,32). The van der Waals surface area contributed by atoms with E-state index in [-0.39, 0.29) is 32.3 Å². The number of fused-ring (bicyclic) bond motifs is 1. The molecule has 0 radical (unpaired) electrons. The van der Waals surface area contributed by atoms with E-state index in [9.17, 15) is 9.59 Å². The summed E-state index contributed by atoms with van der Waals surface area (Å²) in [5, 5.41) is 6.88. The Bertz CT molecular complexity index is 1370. The Balaban J connectivity index is 1.52. The first-order valence-corrected chi connectivity index (χ1v) is 10.8. The number of nitrogens with zero attached hydrogens (tertiary/aromatic N) is 2. The molecule has 0 aliphatic heterocycles. The maximum Gasteiger partial charge on any atom is 0.326 e. The van der Waals surface area contributed by atoms with Crippen LogP contribution in [0.25, 0.3) is 10.8 Å². The quantitative estimate of drug-likeness (QED) is 0.301. The van der Waals surface area contributed by atoms with E-state index < -0.39 is 11.9 Å². The van der Waals surface area contributed by atoms with Gasteiger partial charge in [-0.25, -0.2) is 14.8 Å². The number of carbonyl (C=O) groups excluding carboxylic acids is 2. The third kappa shape index (κ3) is 5.12. The summed E-state index contributed by atoms with van der Waals surface area (Å²) in [6.07, 6.45) is 2.60. The second kappa shape index (κ2) is 9.80. The van der Waals surface area contributed by atoms with Gasteiger partial charge in [-0.1, -0.05) is 70.7 Å². The molecule has 11 heteroatoms. The summed E-state index contributed by atoms with van der Waals surface area (Å²) in [5.74, 6) is -0.125. The number of halogens is 4. The number of nitrogens with one attached hydrogen (secondary N) is 2. The zero-order chi connectivity index (χ0) is 23.5. The number of anilines is 1. The van der Waals surface area contributed by atoms with Crippen LogP contribution in [-0.2, 0) is 0 Å². The number of imide groups is 1. The van der Waals surface area contributed by atoms with E-state index in [0.29, 0.717) is 10.8 Å². The Kier molecular flexibility index (Phi) is 6.85. The van der Waals surface area contributed by atoms with Crippen LogP contribution in [0, 0.1) is 0 Å². The van der Waals surface area contributed by atoms with Crippen molar-refractivity contribution >= 4 is 74.8 Å². The molecule has 4 aromatic rings. The second-order valence-corrected chi connectivity index (χ2v) is 8.15. The molecule has 0 saturated carbocycles. The molecular formula is C22H12Cl4N4O3. The van der Waals surface area contributed by atoms with Gasteiger partial charge < -0.3 is 10.1 Å². The van der Waals surface area contributed by atoms with Gasteiger partial charge >= 0.3 is 6.03 Å². The van der Waals surface area contributed by atoms with Gasteiger partial charge in [0.05, 0.1) is 10.0 Å². The number of ether oxygens (including phenoxy) is 1. The average Bonchev–Trinajstić information content (AvgIpc) is 2.78. The normalized spacial score (nSPS) is 10.7. The van der Waals surface area contributed by atoms with Crippen LogP contribution in [0.5, 0.6) is 11.5 Å². The van der Waals surface area contributed by atoms with Gasteiger partial charge in [0.25, 0.3) is 5.91 Å². The topological polar surface area (TPSA) is 93.2 Å². The number of hydrogen-bond acceptors (Lipinski definition) is 5. The predicted molar refractivity (Wildman–Crippen MR) is 129 cm³/mol. The fraction of sp³-hybridized carbons (Fsp3) is 0. The lowest BCUT2D eigenvalue weighted by Crippen LogP contribution is -2.35. The van der Waals surface area contributed by atoms with Gasteiger partial charge in [-0.2, -0.15) is 0 Å². The summed E-state index contributed by atoms with van der Waals surface area (Å²) in [5.41, 5.74) is 0.0400. The van der Waals surface area contributed by atoms with Crippen LogP contribution >= 0.6 is 46.4 Å². The molecule has 1 aromatic heterocycles. The molecule has 0 spiro atoms. The summed E-state index contributed by atoms with van der Waals surface area (Å²) in [6.45, 7) is 0. The summed E-state index contributed by atoms with van der Waals surface area (Å²) >= 11 is 24.8. The van der Waals surface area contributed by atoms with Crippen molar-refractivity contribution in [3.8, 4) is 11.5 Å². The molecule has 7 nitrogen and oxygen atoms in total. The Morgan fingerprint density at radius 3 is 2.18 bits per heavy atom. The molecule has 1 heterocycles. The third-order valence-electron chi connectivity index (χ3n) is 4.39. The third-order valence-corrected chi connectivity index (χ3v) is 5.56. The summed E-state index contributed by atoms with van der Waals surface area (Å²) in [7, 11) is 0. The smallest absolute Gasteiger partial charge is 0.326 e. The first kappa shape index (κ1) is 23.1. The van der Waals surface area contributed by atoms with Crippen LogP contribution < -0.4 is 15.4 Å². The van der Waals surface area contributed by atoms with Crippen molar-refractivity contribution in [2.24, 2.45) is 0 Å². The number of urea groups is 1. The first-order valence-electron chi connectivity index (χ1n) is 9.26. The van der Waals surface area contributed by atoms with E-state index in [0.717, 1.165) is 10.8 Å². The molecule has 0 bridgehead atoms. The fourth-order valence-electron chi connectivity index (χ4n) is 2.96. The van der Waals surface area contributed by atoms with Gasteiger partial charge in [-0.05, 0) is 24.3 Å². The van der Waals surface area contributed by atoms with Crippen LogP contribution in [0.15, 0.2) is 60.9 Å². The van der Waals surface area contributed by atoms with Gasteiger partial charge in [0, 0.05) is 33.9 Å². The van der Waals surface area contributed by atoms with E-state index in [1.54, 1.807) is 12.1 Å². The minimum Gasteiger partial charge on any atom is -0.454 e. The van der Waals surface area contributed by atoms with Crippen molar-refractivity contribution in [2.45, 2.75) is 0 Å². The lowest BCUT2D eigenvalue weighted by molar-refractivity contribution is 0.0962. The van der Waals surface area contributed by atoms with Crippen molar-refractivity contribution in [1.82, 2.24) is 15.3 Å². The van der Waals surface area contributed by atoms with Crippen molar-refractivity contribution in [3.63, 3.8) is 0 Å². The molecule has 0 aliphatic rings. The summed E-state index contributed by atoms with van der Waals surface area (Å²) in [6, 6.07) is 12.9. The molecule has 3 aromatic carbocycles. The molecular weight excluding hydrogens is 510 g/mol. The van der Waals surface area contributed by atoms with Crippen LogP contribution in [0.3, 0.4) is 0 Å². The number of carbonyl (C=O) groups is 2. The minimum atomic E-state index is -0.841. The Morgan fingerprint density at radius 2 is 1.48 bits per heavy atom. The number of amides is 3. The molecule has 33 heavy (non-hydrogen) atoms. The van der Waals surface area contributed by atoms with Crippen LogP contribution in [0.1, 0.15) is 10.5 Å². The van der Waals surface area contributed by atoms with Gasteiger partial charge in [0.15, 0.2) is 16.6 Å². The van der Waals surface area contributed by atoms with Crippen molar-refractivity contribution in [2.75, 3.05) is 5.32 Å². The number of rotatable bonds is 4. The maximum atomic E-state index is 12.2. The average molecular weight is 522 g/mol. The van der Waals surface area contributed by atoms with Gasteiger partial charge in [-0.15, -0.1) is 0 Å². The molecule has 0 atom stereocenters. The minimum absolute atomic E-state index is 0.134. The summed E-state index contributed by atoms with van der Waals surface area (Å²) < 4.78 is 5.97. The fourth-order valence-corrected chi connectivity index (χ4v) is 3.94. The summed E-state index contributed by atoms with van der Waals surface area (Å²) in [4.78, 5) is 31.9. The van der Waals surface area contributed by atoms with Crippen LogP contribution in [0.2, 0.25) is 20.2 Å². The lowest BCUT2D eigenvalue weighted by Gasteiger charge is -2.14. The molecule has 0 fully saturated rings. The Hall–Kier alpha value is -3.10. The van der Waals surface area contributed by atoms with Crippen molar-refractivity contribution in [1.29, 1.82) is 0 Å². The maximum absolute atomic E-state index is 12.2. The highest BCUT2D eigenvalue weighted by Crippen LogP contribution is 2.41. The monoisotopic (exact) mass is 520 g/mol. The highest BCUT2D eigenvalue weighted by Gasteiger charge is 2.18. The molecule has 4 rings (SSSR count). The van der Waals surface area contributed by atoms with Crippen molar-refractivity contribution in [3.05, 3.63) is 86.8 Å². The highest BCUT2D eigenvalue weighted by molar-refractivity contribution is 6.38. The SMILES string of the molecule is O=C(NC(=O)c1nccnc1Cl)Nc1cc(Cl)c(Oc2ccc(Cl)c3ccccc23)c(Cl)c1. The van der Waals surface area contributed by atoms with E-state index in [1.807, 2.05) is 24.3 Å². The number of aromatic nitrogens is 2. The zero-order valence-corrected chi connectivity index (χ0v) is 19.4. The molecule has 166 valence electrons. The highest BCUT2D eigenvalue weighted by atomic mass is 35.5. The van der Waals surface area contributed by atoms with Crippen LogP contribution in [-0.4, -0.2) is 21.9 Å². The molecule has 3 amide bonds. The number of hydrogen-bond donors (Lipinski definition) is 2. The van der Waals surface area contributed by atoms with E-state index in [2.05, 4.69) is 20.6 Å². The molecule has 0 aliphatic carbocycles. The molecule has 2 N–H and O–H groups in total. The molecule has 0 saturated heterocycles. The Morgan fingerprint density at radius 1 is 0.818 bits per heavy atom. The lowest BCUT2D eigenvalue weighted by atomic mass is 10.1. The van der Waals surface area contributed by atoms with E-state index in [4.69, 9.17) is 51.1 Å².